The molecule has 7 rings (SSSR count). The number of carbonyl (C=O) groups excluding carboxylic acids is 1. The zero-order valence-corrected chi connectivity index (χ0v) is 19.7. The monoisotopic (exact) mass is 490 g/mol. The predicted molar refractivity (Wildman–Crippen MR) is 136 cm³/mol. The fraction of sp³-hybridized carbons (Fsp3) is 0.148. The van der Waals surface area contributed by atoms with Gasteiger partial charge in [-0.3, -0.25) is 4.79 Å². The molecular formula is C27H22N8O2. The minimum atomic E-state index is -0.717. The van der Waals surface area contributed by atoms with E-state index in [0.29, 0.717) is 41.4 Å². The smallest absolute Gasteiger partial charge is 0.252 e. The molecule has 10 nitrogen and oxygen atoms in total. The van der Waals surface area contributed by atoms with Crippen LogP contribution in [0.5, 0.6) is 0 Å². The van der Waals surface area contributed by atoms with Crippen molar-refractivity contribution in [1.82, 2.24) is 34.3 Å². The first-order chi connectivity index (χ1) is 18.2. The molecule has 2 N–H and O–H groups in total. The van der Waals surface area contributed by atoms with E-state index in [1.54, 1.807) is 29.3 Å². The van der Waals surface area contributed by atoms with Gasteiger partial charge in [-0.2, -0.15) is 14.6 Å². The number of benzene rings is 2. The number of hydrogen-bond donors (Lipinski definition) is 1. The molecule has 1 amide bonds. The fourth-order valence-corrected chi connectivity index (χ4v) is 5.01. The van der Waals surface area contributed by atoms with Crippen molar-refractivity contribution in [3.8, 4) is 11.6 Å². The summed E-state index contributed by atoms with van der Waals surface area (Å²) in [5, 5.41) is 9.74. The third-order valence-corrected chi connectivity index (χ3v) is 6.83. The van der Waals surface area contributed by atoms with E-state index < -0.39 is 6.04 Å². The van der Waals surface area contributed by atoms with Crippen LogP contribution in [-0.4, -0.2) is 46.7 Å². The second kappa shape index (κ2) is 8.30. The zero-order chi connectivity index (χ0) is 24.9. The van der Waals surface area contributed by atoms with E-state index in [1.165, 1.54) is 10.1 Å². The third kappa shape index (κ3) is 3.45. The molecule has 1 unspecified atom stereocenters. The molecule has 0 fully saturated rings. The Morgan fingerprint density at radius 2 is 1.76 bits per heavy atom. The van der Waals surface area contributed by atoms with Crippen molar-refractivity contribution in [2.24, 2.45) is 0 Å². The average molecular weight is 491 g/mol. The molecule has 182 valence electrons. The predicted octanol–water partition coefficient (Wildman–Crippen LogP) is 3.49. The van der Waals surface area contributed by atoms with Gasteiger partial charge < -0.3 is 15.1 Å². The van der Waals surface area contributed by atoms with Gasteiger partial charge in [0.1, 0.15) is 0 Å². The molecule has 2 aromatic carbocycles. The van der Waals surface area contributed by atoms with Crippen molar-refractivity contribution in [3.05, 3.63) is 95.9 Å². The molecule has 0 bridgehead atoms. The van der Waals surface area contributed by atoms with Gasteiger partial charge in [-0.15, -0.1) is 5.10 Å². The number of fused-ring (bicyclic) bond motifs is 4. The zero-order valence-electron chi connectivity index (χ0n) is 19.7. The maximum absolute atomic E-state index is 14.1. The standard InChI is InChI=1S/C27H22N8O2/c28-27-31-25-20(24-30-23(32-35(24)27)21-11-6-14-37-21)15-29-34(25)22(18-8-2-1-3-9-18)26(36)33-13-12-17-7-4-5-10-19(17)16-33/h1-11,14-15,22H,12-13,16H2,(H2,28,31). The maximum atomic E-state index is 14.1. The van der Waals surface area contributed by atoms with Crippen molar-refractivity contribution in [2.45, 2.75) is 19.0 Å². The molecule has 0 saturated carbocycles. The molecule has 1 aliphatic rings. The van der Waals surface area contributed by atoms with Crippen LogP contribution in [0.2, 0.25) is 0 Å². The van der Waals surface area contributed by atoms with Crippen molar-refractivity contribution in [3.63, 3.8) is 0 Å². The molecule has 6 aromatic rings. The second-order valence-electron chi connectivity index (χ2n) is 9.04. The first-order valence-electron chi connectivity index (χ1n) is 12.0. The first kappa shape index (κ1) is 21.3. The molecule has 0 spiro atoms. The number of carbonyl (C=O) groups is 1. The number of furan rings is 1. The summed E-state index contributed by atoms with van der Waals surface area (Å²) in [6.07, 6.45) is 4.03. The van der Waals surface area contributed by atoms with Crippen LogP contribution in [0.4, 0.5) is 5.95 Å². The van der Waals surface area contributed by atoms with Gasteiger partial charge >= 0.3 is 0 Å². The second-order valence-corrected chi connectivity index (χ2v) is 9.04. The summed E-state index contributed by atoms with van der Waals surface area (Å²) in [7, 11) is 0. The van der Waals surface area contributed by atoms with E-state index in [4.69, 9.17) is 10.2 Å². The summed E-state index contributed by atoms with van der Waals surface area (Å²) >= 11 is 0. The van der Waals surface area contributed by atoms with Crippen LogP contribution < -0.4 is 5.73 Å². The van der Waals surface area contributed by atoms with Gasteiger partial charge in [-0.05, 0) is 35.2 Å². The van der Waals surface area contributed by atoms with E-state index in [-0.39, 0.29) is 11.9 Å². The number of nitrogens with zero attached hydrogens (tertiary/aromatic N) is 7. The lowest BCUT2D eigenvalue weighted by molar-refractivity contribution is -0.134. The number of nitrogens with two attached hydrogens (primary N) is 1. The quantitative estimate of drug-likeness (QED) is 0.402. The Kier molecular flexibility index (Phi) is 4.78. The Hall–Kier alpha value is -4.99. The van der Waals surface area contributed by atoms with Crippen LogP contribution in [0.15, 0.2) is 83.6 Å². The van der Waals surface area contributed by atoms with Crippen LogP contribution in [0, 0.1) is 0 Å². The molecule has 0 saturated heterocycles. The number of amides is 1. The van der Waals surface area contributed by atoms with Gasteiger partial charge in [0.2, 0.25) is 11.8 Å². The summed E-state index contributed by atoms with van der Waals surface area (Å²) in [4.78, 5) is 25.3. The van der Waals surface area contributed by atoms with Gasteiger partial charge in [-0.25, -0.2) is 9.67 Å². The number of anilines is 1. The largest absolute Gasteiger partial charge is 0.461 e. The lowest BCUT2D eigenvalue weighted by atomic mass is 9.98. The highest BCUT2D eigenvalue weighted by Gasteiger charge is 2.32. The maximum Gasteiger partial charge on any atom is 0.252 e. The highest BCUT2D eigenvalue weighted by atomic mass is 16.3. The molecule has 5 heterocycles. The van der Waals surface area contributed by atoms with Crippen LogP contribution >= 0.6 is 0 Å². The summed E-state index contributed by atoms with van der Waals surface area (Å²) in [5.41, 5.74) is 10.5. The van der Waals surface area contributed by atoms with Crippen LogP contribution in [0.3, 0.4) is 0 Å². The lowest BCUT2D eigenvalue weighted by Gasteiger charge is -2.32. The molecule has 37 heavy (non-hydrogen) atoms. The Balaban J connectivity index is 1.36. The fourth-order valence-electron chi connectivity index (χ4n) is 5.01. The molecular weight excluding hydrogens is 468 g/mol. The molecule has 0 radical (unpaired) electrons. The van der Waals surface area contributed by atoms with Crippen LogP contribution in [-0.2, 0) is 17.8 Å². The molecule has 1 atom stereocenters. The van der Waals surface area contributed by atoms with E-state index in [9.17, 15) is 4.79 Å². The van der Waals surface area contributed by atoms with E-state index in [2.05, 4.69) is 32.3 Å². The van der Waals surface area contributed by atoms with Gasteiger partial charge in [0, 0.05) is 13.1 Å². The number of rotatable bonds is 4. The van der Waals surface area contributed by atoms with E-state index >= 15 is 0 Å². The minimum absolute atomic E-state index is 0.0521. The van der Waals surface area contributed by atoms with Gasteiger partial charge in [0.25, 0.3) is 5.91 Å². The summed E-state index contributed by atoms with van der Waals surface area (Å²) < 4.78 is 8.56. The Bertz CT molecular complexity index is 1750. The minimum Gasteiger partial charge on any atom is -0.461 e. The lowest BCUT2D eigenvalue weighted by Crippen LogP contribution is -2.41. The third-order valence-electron chi connectivity index (χ3n) is 6.83. The normalized spacial score (nSPS) is 14.2. The summed E-state index contributed by atoms with van der Waals surface area (Å²) in [6, 6.07) is 20.7. The van der Waals surface area contributed by atoms with Gasteiger partial charge in [-0.1, -0.05) is 54.6 Å². The van der Waals surface area contributed by atoms with E-state index in [0.717, 1.165) is 17.5 Å². The molecule has 0 aliphatic carbocycles. The van der Waals surface area contributed by atoms with Gasteiger partial charge in [0.15, 0.2) is 23.1 Å². The molecule has 1 aliphatic heterocycles. The Morgan fingerprint density at radius 1 is 0.946 bits per heavy atom. The average Bonchev–Trinajstić information content (AvgIpc) is 3.70. The van der Waals surface area contributed by atoms with Crippen molar-refractivity contribution < 1.29 is 9.21 Å². The Labute approximate surface area is 211 Å². The van der Waals surface area contributed by atoms with Crippen LogP contribution in [0.25, 0.3) is 28.3 Å². The van der Waals surface area contributed by atoms with Crippen molar-refractivity contribution >= 4 is 28.5 Å². The summed E-state index contributed by atoms with van der Waals surface area (Å²) in [6.45, 7) is 1.18. The number of aromatic nitrogens is 6. The Morgan fingerprint density at radius 3 is 2.57 bits per heavy atom. The van der Waals surface area contributed by atoms with Crippen molar-refractivity contribution in [2.75, 3.05) is 12.3 Å². The highest BCUT2D eigenvalue weighted by molar-refractivity contribution is 5.92. The van der Waals surface area contributed by atoms with Gasteiger partial charge in [0.05, 0.1) is 17.8 Å². The first-order valence-corrected chi connectivity index (χ1v) is 12.0. The SMILES string of the molecule is Nc1nc2c(cnn2C(C(=O)N2CCc3ccccc3C2)c2ccccc2)c2nc(-c3ccco3)nn12. The topological polar surface area (TPSA) is 120 Å². The van der Waals surface area contributed by atoms with E-state index in [1.807, 2.05) is 47.4 Å². The molecule has 10 heteroatoms. The highest BCUT2D eigenvalue weighted by Crippen LogP contribution is 2.30. The van der Waals surface area contributed by atoms with Crippen molar-refractivity contribution in [1.29, 1.82) is 0 Å². The summed E-state index contributed by atoms with van der Waals surface area (Å²) in [5.74, 6) is 0.997. The molecule has 4 aromatic heterocycles. The number of hydrogen-bond acceptors (Lipinski definition) is 7. The number of nitrogen functional groups attached to an aromatic ring is 1. The van der Waals surface area contributed by atoms with Crippen LogP contribution in [0.1, 0.15) is 22.7 Å².